The van der Waals surface area contributed by atoms with Gasteiger partial charge in [-0.1, -0.05) is 29.3 Å². The lowest BCUT2D eigenvalue weighted by atomic mass is 10.2. The second-order valence-electron chi connectivity index (χ2n) is 7.56. The number of carbonyl (C=O) groups excluding carboxylic acids is 1. The number of piperazine rings is 1. The first-order valence-corrected chi connectivity index (χ1v) is 12.1. The van der Waals surface area contributed by atoms with Gasteiger partial charge in [-0.2, -0.15) is 4.31 Å². The van der Waals surface area contributed by atoms with Gasteiger partial charge in [-0.3, -0.25) is 9.69 Å². The van der Waals surface area contributed by atoms with Crippen molar-refractivity contribution in [1.29, 1.82) is 0 Å². The number of carbonyl (C=O) groups is 1. The van der Waals surface area contributed by atoms with Crippen LogP contribution in [0.5, 0.6) is 0 Å². The smallest absolute Gasteiger partial charge is 0.243 e. The Balaban J connectivity index is 1.39. The normalized spacial score (nSPS) is 18.9. The van der Waals surface area contributed by atoms with Crippen molar-refractivity contribution < 1.29 is 13.2 Å². The molecule has 0 spiro atoms. The van der Waals surface area contributed by atoms with E-state index in [2.05, 4.69) is 4.90 Å². The molecule has 9 heteroatoms. The van der Waals surface area contributed by atoms with Crippen LogP contribution in [-0.2, 0) is 21.4 Å². The molecule has 2 saturated heterocycles. The summed E-state index contributed by atoms with van der Waals surface area (Å²) in [5, 5.41) is 1.22. The predicted molar refractivity (Wildman–Crippen MR) is 119 cm³/mol. The molecule has 2 fully saturated rings. The van der Waals surface area contributed by atoms with Crippen LogP contribution in [0.4, 0.5) is 5.69 Å². The van der Waals surface area contributed by atoms with Crippen molar-refractivity contribution in [2.75, 3.05) is 37.6 Å². The molecule has 0 radical (unpaired) electrons. The van der Waals surface area contributed by atoms with Crippen molar-refractivity contribution in [3.05, 3.63) is 58.1 Å². The van der Waals surface area contributed by atoms with E-state index in [1.54, 1.807) is 35.2 Å². The molecule has 2 aliphatic rings. The fraction of sp³-hybridized carbons (Fsp3) is 0.381. The molecule has 0 N–H and O–H groups in total. The molecule has 0 bridgehead atoms. The van der Waals surface area contributed by atoms with Gasteiger partial charge in [0.2, 0.25) is 15.9 Å². The SMILES string of the molecule is O=C1CCCN1c1ccc(S(=O)(=O)N2CCN(Cc3ccc(Cl)cc3Cl)CC2)cc1. The third-order valence-electron chi connectivity index (χ3n) is 5.60. The van der Waals surface area contributed by atoms with Crippen LogP contribution in [0.2, 0.25) is 10.0 Å². The topological polar surface area (TPSA) is 60.9 Å². The summed E-state index contributed by atoms with van der Waals surface area (Å²) in [5.74, 6) is 0.0857. The maximum atomic E-state index is 13.0. The van der Waals surface area contributed by atoms with E-state index < -0.39 is 10.0 Å². The molecule has 1 amide bonds. The number of hydrogen-bond donors (Lipinski definition) is 0. The molecule has 0 aromatic heterocycles. The van der Waals surface area contributed by atoms with Crippen LogP contribution in [0.3, 0.4) is 0 Å². The van der Waals surface area contributed by atoms with Crippen molar-refractivity contribution in [3.8, 4) is 0 Å². The summed E-state index contributed by atoms with van der Waals surface area (Å²) in [4.78, 5) is 16.0. The maximum absolute atomic E-state index is 13.0. The van der Waals surface area contributed by atoms with Gasteiger partial charge in [-0.05, 0) is 48.4 Å². The highest BCUT2D eigenvalue weighted by Crippen LogP contribution is 2.26. The molecule has 2 heterocycles. The van der Waals surface area contributed by atoms with Crippen molar-refractivity contribution >= 4 is 44.8 Å². The summed E-state index contributed by atoms with van der Waals surface area (Å²) in [6.07, 6.45) is 1.38. The van der Waals surface area contributed by atoms with Gasteiger partial charge in [0.15, 0.2) is 0 Å². The summed E-state index contributed by atoms with van der Waals surface area (Å²) in [5.41, 5.74) is 1.73. The first-order chi connectivity index (χ1) is 14.3. The Morgan fingerprint density at radius 1 is 0.900 bits per heavy atom. The number of halogens is 2. The fourth-order valence-electron chi connectivity index (χ4n) is 3.89. The van der Waals surface area contributed by atoms with Gasteiger partial charge in [0.1, 0.15) is 0 Å². The minimum atomic E-state index is -3.57. The zero-order valence-corrected chi connectivity index (χ0v) is 18.8. The van der Waals surface area contributed by atoms with E-state index in [4.69, 9.17) is 23.2 Å². The number of amides is 1. The van der Waals surface area contributed by atoms with Gasteiger partial charge in [0.25, 0.3) is 0 Å². The zero-order chi connectivity index (χ0) is 21.3. The van der Waals surface area contributed by atoms with Crippen molar-refractivity contribution in [1.82, 2.24) is 9.21 Å². The van der Waals surface area contributed by atoms with E-state index in [-0.39, 0.29) is 10.8 Å². The lowest BCUT2D eigenvalue weighted by Gasteiger charge is -2.34. The van der Waals surface area contributed by atoms with Gasteiger partial charge in [-0.15, -0.1) is 0 Å². The highest BCUT2D eigenvalue weighted by atomic mass is 35.5. The van der Waals surface area contributed by atoms with Crippen LogP contribution in [0.25, 0.3) is 0 Å². The molecular weight excluding hydrogens is 445 g/mol. The lowest BCUT2D eigenvalue weighted by Crippen LogP contribution is -2.48. The molecule has 30 heavy (non-hydrogen) atoms. The van der Waals surface area contributed by atoms with Gasteiger partial charge in [0.05, 0.1) is 4.90 Å². The second-order valence-corrected chi connectivity index (χ2v) is 10.3. The van der Waals surface area contributed by atoms with Crippen LogP contribution >= 0.6 is 23.2 Å². The quantitative estimate of drug-likeness (QED) is 0.673. The first kappa shape index (κ1) is 21.6. The highest BCUT2D eigenvalue weighted by Gasteiger charge is 2.29. The number of nitrogens with zero attached hydrogens (tertiary/aromatic N) is 3. The molecular formula is C21H23Cl2N3O3S. The Morgan fingerprint density at radius 3 is 2.20 bits per heavy atom. The first-order valence-electron chi connectivity index (χ1n) is 9.91. The summed E-state index contributed by atoms with van der Waals surface area (Å²) in [6.45, 7) is 3.42. The van der Waals surface area contributed by atoms with Crippen LogP contribution < -0.4 is 4.90 Å². The number of anilines is 1. The minimum absolute atomic E-state index is 0.0857. The summed E-state index contributed by atoms with van der Waals surface area (Å²) >= 11 is 12.2. The van der Waals surface area contributed by atoms with Crippen molar-refractivity contribution in [2.45, 2.75) is 24.3 Å². The predicted octanol–water partition coefficient (Wildman–Crippen LogP) is 3.63. The zero-order valence-electron chi connectivity index (χ0n) is 16.4. The number of benzene rings is 2. The van der Waals surface area contributed by atoms with Gasteiger partial charge >= 0.3 is 0 Å². The van der Waals surface area contributed by atoms with E-state index >= 15 is 0 Å². The molecule has 4 rings (SSSR count). The Morgan fingerprint density at radius 2 is 1.60 bits per heavy atom. The Bertz CT molecular complexity index is 1040. The van der Waals surface area contributed by atoms with Gasteiger partial charge < -0.3 is 4.90 Å². The second kappa shape index (κ2) is 8.85. The van der Waals surface area contributed by atoms with E-state index in [0.29, 0.717) is 55.7 Å². The molecule has 6 nitrogen and oxygen atoms in total. The number of hydrogen-bond acceptors (Lipinski definition) is 4. The lowest BCUT2D eigenvalue weighted by molar-refractivity contribution is -0.117. The summed E-state index contributed by atoms with van der Waals surface area (Å²) in [6, 6.07) is 12.1. The van der Waals surface area contributed by atoms with E-state index in [9.17, 15) is 13.2 Å². The molecule has 0 aliphatic carbocycles. The Kier molecular flexibility index (Phi) is 6.36. The monoisotopic (exact) mass is 467 g/mol. The molecule has 2 aromatic rings. The minimum Gasteiger partial charge on any atom is -0.312 e. The van der Waals surface area contributed by atoms with Crippen molar-refractivity contribution in [2.24, 2.45) is 0 Å². The maximum Gasteiger partial charge on any atom is 0.243 e. The summed E-state index contributed by atoms with van der Waals surface area (Å²) in [7, 11) is -3.57. The molecule has 0 atom stereocenters. The van der Waals surface area contributed by atoms with E-state index in [1.807, 2.05) is 12.1 Å². The molecule has 0 saturated carbocycles. The van der Waals surface area contributed by atoms with Gasteiger partial charge in [-0.25, -0.2) is 8.42 Å². The van der Waals surface area contributed by atoms with Crippen LogP contribution in [0, 0.1) is 0 Å². The molecule has 160 valence electrons. The third-order valence-corrected chi connectivity index (χ3v) is 8.10. The van der Waals surface area contributed by atoms with Crippen molar-refractivity contribution in [3.63, 3.8) is 0 Å². The van der Waals surface area contributed by atoms with Gasteiger partial charge in [0, 0.05) is 61.4 Å². The molecule has 0 unspecified atom stereocenters. The number of rotatable bonds is 5. The Hall–Kier alpha value is -1.64. The fourth-order valence-corrected chi connectivity index (χ4v) is 5.78. The third kappa shape index (κ3) is 4.50. The average Bonchev–Trinajstić information content (AvgIpc) is 3.16. The number of sulfonamides is 1. The van der Waals surface area contributed by atoms with Crippen LogP contribution in [0.1, 0.15) is 18.4 Å². The van der Waals surface area contributed by atoms with E-state index in [0.717, 1.165) is 17.7 Å². The van der Waals surface area contributed by atoms with Crippen LogP contribution in [0.15, 0.2) is 47.4 Å². The summed E-state index contributed by atoms with van der Waals surface area (Å²) < 4.78 is 27.6. The van der Waals surface area contributed by atoms with Crippen LogP contribution in [-0.4, -0.2) is 56.3 Å². The molecule has 2 aromatic carbocycles. The van der Waals surface area contributed by atoms with E-state index in [1.165, 1.54) is 4.31 Å². The Labute approximate surface area is 187 Å². The average molecular weight is 468 g/mol. The molecule has 2 aliphatic heterocycles. The largest absolute Gasteiger partial charge is 0.312 e. The highest BCUT2D eigenvalue weighted by molar-refractivity contribution is 7.89. The standard InChI is InChI=1S/C21H23Cl2N3O3S/c22-17-4-3-16(20(23)14-17)15-24-10-12-25(13-11-24)30(28,29)19-7-5-18(6-8-19)26-9-1-2-21(26)27/h3-8,14H,1-2,9-13,15H2.